The van der Waals surface area contributed by atoms with Crippen molar-refractivity contribution < 1.29 is 4.79 Å². The Bertz CT molecular complexity index is 589. The molecule has 0 aliphatic heterocycles. The molecule has 86 valence electrons. The largest absolute Gasteiger partial charge is 0.364 e. The van der Waals surface area contributed by atoms with Crippen LogP contribution in [0.15, 0.2) is 35.4 Å². The van der Waals surface area contributed by atoms with Gasteiger partial charge in [0.25, 0.3) is 5.91 Å². The molecule has 0 saturated heterocycles. The second-order valence-corrected chi connectivity index (χ2v) is 4.13. The molecule has 0 unspecified atom stereocenters. The minimum atomic E-state index is -0.605. The Morgan fingerprint density at radius 1 is 1.35 bits per heavy atom. The van der Waals surface area contributed by atoms with Crippen LogP contribution >= 0.6 is 24.2 Å². The van der Waals surface area contributed by atoms with Gasteiger partial charge in [-0.3, -0.25) is 4.79 Å². The van der Waals surface area contributed by atoms with E-state index in [1.807, 2.05) is 0 Å². The molecule has 4 nitrogen and oxygen atoms in total. The van der Waals surface area contributed by atoms with Crippen LogP contribution in [0.4, 0.5) is 0 Å². The zero-order chi connectivity index (χ0) is 12.4. The molecule has 0 aliphatic carbocycles. The van der Waals surface area contributed by atoms with Gasteiger partial charge in [0.15, 0.2) is 5.82 Å². The maximum atomic E-state index is 11.0. The standard InChI is InChI=1S/C11H8ClN3OS/c12-9-6(2-1-3-8(9)17)11-14-5-4-7(15-11)10(13)16/h1-5,17H,(H2,13,16). The lowest BCUT2D eigenvalue weighted by Gasteiger charge is -2.05. The molecule has 6 heteroatoms. The summed E-state index contributed by atoms with van der Waals surface area (Å²) < 4.78 is 0. The predicted octanol–water partition coefficient (Wildman–Crippen LogP) is 2.18. The third-order valence-electron chi connectivity index (χ3n) is 2.13. The van der Waals surface area contributed by atoms with E-state index in [4.69, 9.17) is 17.3 Å². The van der Waals surface area contributed by atoms with Crippen molar-refractivity contribution in [2.24, 2.45) is 5.73 Å². The van der Waals surface area contributed by atoms with Crippen molar-refractivity contribution in [1.82, 2.24) is 9.97 Å². The summed E-state index contributed by atoms with van der Waals surface area (Å²) >= 11 is 10.3. The number of primary amides is 1. The third-order valence-corrected chi connectivity index (χ3v) is 3.04. The number of carbonyl (C=O) groups is 1. The van der Waals surface area contributed by atoms with E-state index in [1.54, 1.807) is 18.2 Å². The maximum absolute atomic E-state index is 11.0. The van der Waals surface area contributed by atoms with Crippen molar-refractivity contribution in [1.29, 1.82) is 0 Å². The van der Waals surface area contributed by atoms with Crippen molar-refractivity contribution in [3.63, 3.8) is 0 Å². The van der Waals surface area contributed by atoms with E-state index < -0.39 is 5.91 Å². The van der Waals surface area contributed by atoms with Crippen LogP contribution in [-0.4, -0.2) is 15.9 Å². The molecule has 1 aromatic carbocycles. The van der Waals surface area contributed by atoms with Crippen molar-refractivity contribution in [3.8, 4) is 11.4 Å². The Morgan fingerprint density at radius 3 is 2.82 bits per heavy atom. The van der Waals surface area contributed by atoms with Crippen LogP contribution in [0, 0.1) is 0 Å². The van der Waals surface area contributed by atoms with E-state index in [2.05, 4.69) is 22.6 Å². The Kier molecular flexibility index (Phi) is 3.31. The van der Waals surface area contributed by atoms with Crippen LogP contribution in [0.1, 0.15) is 10.5 Å². The fourth-order valence-electron chi connectivity index (χ4n) is 1.32. The van der Waals surface area contributed by atoms with Crippen molar-refractivity contribution in [2.75, 3.05) is 0 Å². The van der Waals surface area contributed by atoms with Crippen LogP contribution in [0.5, 0.6) is 0 Å². The van der Waals surface area contributed by atoms with Gasteiger partial charge in [-0.25, -0.2) is 9.97 Å². The number of hydrogen-bond donors (Lipinski definition) is 2. The second kappa shape index (κ2) is 4.73. The molecule has 17 heavy (non-hydrogen) atoms. The van der Waals surface area contributed by atoms with Gasteiger partial charge in [0.05, 0.1) is 5.02 Å². The molecule has 1 heterocycles. The Balaban J connectivity index is 2.57. The van der Waals surface area contributed by atoms with E-state index in [1.165, 1.54) is 12.3 Å². The smallest absolute Gasteiger partial charge is 0.267 e. The van der Waals surface area contributed by atoms with Gasteiger partial charge in [0, 0.05) is 16.7 Å². The highest BCUT2D eigenvalue weighted by atomic mass is 35.5. The maximum Gasteiger partial charge on any atom is 0.267 e. The summed E-state index contributed by atoms with van der Waals surface area (Å²) in [6, 6.07) is 6.74. The van der Waals surface area contributed by atoms with E-state index >= 15 is 0 Å². The van der Waals surface area contributed by atoms with Gasteiger partial charge in [-0.1, -0.05) is 17.7 Å². The molecule has 2 rings (SSSR count). The second-order valence-electron chi connectivity index (χ2n) is 3.27. The molecule has 2 aromatic rings. The highest BCUT2D eigenvalue weighted by Gasteiger charge is 2.10. The summed E-state index contributed by atoms with van der Waals surface area (Å²) in [4.78, 5) is 19.7. The quantitative estimate of drug-likeness (QED) is 0.818. The Labute approximate surface area is 108 Å². The third kappa shape index (κ3) is 2.40. The molecule has 2 N–H and O–H groups in total. The summed E-state index contributed by atoms with van der Waals surface area (Å²) in [5.74, 6) is -0.256. The highest BCUT2D eigenvalue weighted by Crippen LogP contribution is 2.30. The Hall–Kier alpha value is -1.59. The van der Waals surface area contributed by atoms with Crippen LogP contribution in [-0.2, 0) is 0 Å². The van der Waals surface area contributed by atoms with Crippen molar-refractivity contribution in [3.05, 3.63) is 41.2 Å². The van der Waals surface area contributed by atoms with E-state index in [9.17, 15) is 4.79 Å². The van der Waals surface area contributed by atoms with Gasteiger partial charge < -0.3 is 5.73 Å². The molecule has 0 saturated carbocycles. The first-order valence-corrected chi connectivity index (χ1v) is 5.53. The number of halogens is 1. The minimum Gasteiger partial charge on any atom is -0.364 e. The molecule has 0 spiro atoms. The summed E-state index contributed by atoms with van der Waals surface area (Å²) in [5, 5.41) is 0.442. The van der Waals surface area contributed by atoms with Crippen molar-refractivity contribution >= 4 is 30.1 Å². The molecule has 0 bridgehead atoms. The van der Waals surface area contributed by atoms with Gasteiger partial charge in [-0.2, -0.15) is 0 Å². The first-order valence-electron chi connectivity index (χ1n) is 4.70. The summed E-state index contributed by atoms with van der Waals surface area (Å²) in [6.45, 7) is 0. The number of hydrogen-bond acceptors (Lipinski definition) is 4. The van der Waals surface area contributed by atoms with Crippen LogP contribution in [0.25, 0.3) is 11.4 Å². The minimum absolute atomic E-state index is 0.149. The topological polar surface area (TPSA) is 68.9 Å². The summed E-state index contributed by atoms with van der Waals surface area (Å²) in [6.07, 6.45) is 1.46. The number of nitrogens with two attached hydrogens (primary N) is 1. The molecule has 1 amide bonds. The number of benzene rings is 1. The van der Waals surface area contributed by atoms with Gasteiger partial charge in [-0.15, -0.1) is 12.6 Å². The number of nitrogens with zero attached hydrogens (tertiary/aromatic N) is 2. The molecule has 1 aromatic heterocycles. The molecular weight excluding hydrogens is 258 g/mol. The summed E-state index contributed by atoms with van der Waals surface area (Å²) in [7, 11) is 0. The van der Waals surface area contributed by atoms with Crippen molar-refractivity contribution in [2.45, 2.75) is 4.90 Å². The van der Waals surface area contributed by atoms with E-state index in [-0.39, 0.29) is 5.69 Å². The fourth-order valence-corrected chi connectivity index (χ4v) is 1.74. The first-order chi connectivity index (χ1) is 8.09. The lowest BCUT2D eigenvalue weighted by Crippen LogP contribution is -2.13. The number of amides is 1. The molecule has 0 atom stereocenters. The average molecular weight is 266 g/mol. The predicted molar refractivity (Wildman–Crippen MR) is 68.2 cm³/mol. The SMILES string of the molecule is NC(=O)c1ccnc(-c2cccc(S)c2Cl)n1. The monoisotopic (exact) mass is 265 g/mol. The number of aromatic nitrogens is 2. The normalized spacial score (nSPS) is 10.2. The molecule has 0 radical (unpaired) electrons. The van der Waals surface area contributed by atoms with Crippen LogP contribution < -0.4 is 5.73 Å². The lowest BCUT2D eigenvalue weighted by molar-refractivity contribution is 0.0995. The van der Waals surface area contributed by atoms with Gasteiger partial charge in [0.1, 0.15) is 5.69 Å². The number of thiol groups is 1. The van der Waals surface area contributed by atoms with Crippen LogP contribution in [0.3, 0.4) is 0 Å². The first kappa shape index (κ1) is 11.9. The fraction of sp³-hybridized carbons (Fsp3) is 0. The van der Waals surface area contributed by atoms with Crippen LogP contribution in [0.2, 0.25) is 5.02 Å². The number of carbonyl (C=O) groups excluding carboxylic acids is 1. The zero-order valence-corrected chi connectivity index (χ0v) is 10.2. The Morgan fingerprint density at radius 2 is 2.12 bits per heavy atom. The molecule has 0 fully saturated rings. The van der Waals surface area contributed by atoms with Gasteiger partial charge in [0.2, 0.25) is 0 Å². The van der Waals surface area contributed by atoms with Gasteiger partial charge >= 0.3 is 0 Å². The van der Waals surface area contributed by atoms with E-state index in [0.717, 1.165) is 0 Å². The van der Waals surface area contributed by atoms with E-state index in [0.29, 0.717) is 21.3 Å². The average Bonchev–Trinajstić information content (AvgIpc) is 2.33. The highest BCUT2D eigenvalue weighted by molar-refractivity contribution is 7.80. The molecule has 0 aliphatic rings. The molecular formula is C11H8ClN3OS. The lowest BCUT2D eigenvalue weighted by atomic mass is 10.2. The number of rotatable bonds is 2. The van der Waals surface area contributed by atoms with Gasteiger partial charge in [-0.05, 0) is 18.2 Å². The zero-order valence-electron chi connectivity index (χ0n) is 8.59. The summed E-state index contributed by atoms with van der Waals surface area (Å²) in [5.41, 5.74) is 5.91.